The van der Waals surface area contributed by atoms with Gasteiger partial charge in [0.05, 0.1) is 17.6 Å². The van der Waals surface area contributed by atoms with Crippen LogP contribution in [0.1, 0.15) is 26.3 Å². The molecule has 0 radical (unpaired) electrons. The van der Waals surface area contributed by atoms with Gasteiger partial charge in [0, 0.05) is 35.8 Å². The number of non-ortho nitro benzene ring substituents is 1. The lowest BCUT2D eigenvalue weighted by Crippen LogP contribution is -2.43. The van der Waals surface area contributed by atoms with Crippen LogP contribution in [0.3, 0.4) is 0 Å². The Bertz CT molecular complexity index is 1180. The lowest BCUT2D eigenvalue weighted by molar-refractivity contribution is -0.384. The first-order valence-electron chi connectivity index (χ1n) is 10.7. The third-order valence-electron chi connectivity index (χ3n) is 5.32. The van der Waals surface area contributed by atoms with E-state index in [9.17, 15) is 19.7 Å². The summed E-state index contributed by atoms with van der Waals surface area (Å²) in [5.41, 5.74) is 2.20. The highest BCUT2D eigenvalue weighted by Crippen LogP contribution is 2.35. The second-order valence-electron chi connectivity index (χ2n) is 8.19. The number of carbonyl (C=O) groups is 2. The van der Waals surface area contributed by atoms with Crippen molar-refractivity contribution in [1.29, 1.82) is 0 Å². The number of ether oxygens (including phenoxy) is 1. The summed E-state index contributed by atoms with van der Waals surface area (Å²) in [6.07, 6.45) is 1.27. The van der Waals surface area contributed by atoms with E-state index in [1.54, 1.807) is 24.3 Å². The lowest BCUT2D eigenvalue weighted by Gasteiger charge is -2.23. The predicted octanol–water partition coefficient (Wildman–Crippen LogP) is 3.99. The molecule has 176 valence electrons. The van der Waals surface area contributed by atoms with Crippen LogP contribution in [0.25, 0.3) is 11.1 Å². The van der Waals surface area contributed by atoms with Crippen LogP contribution in [0.4, 0.5) is 5.69 Å². The number of para-hydroxylation sites is 1. The Morgan fingerprint density at radius 3 is 2.47 bits per heavy atom. The third-order valence-corrected chi connectivity index (χ3v) is 5.32. The fourth-order valence-corrected chi connectivity index (χ4v) is 3.88. The molecule has 1 atom stereocenters. The molecule has 0 aromatic heterocycles. The van der Waals surface area contributed by atoms with E-state index < -0.39 is 10.8 Å². The molecule has 0 aliphatic rings. The van der Waals surface area contributed by atoms with Crippen LogP contribution in [-0.4, -0.2) is 55.8 Å². The summed E-state index contributed by atoms with van der Waals surface area (Å²) in [5, 5.41) is 14.6. The zero-order valence-corrected chi connectivity index (χ0v) is 19.4. The average Bonchev–Trinajstić information content (AvgIpc) is 2.83. The van der Waals surface area contributed by atoms with E-state index in [0.717, 1.165) is 5.56 Å². The molecular weight excluding hydrogens is 434 g/mol. The SMILES string of the molecule is COc1c(C=O)cccc1-c1cc(C(=O)N[C@@H](Cc2ccccc2)CN(C)C)cc([N+](=O)[O-])c1. The highest BCUT2D eigenvalue weighted by molar-refractivity contribution is 5.97. The number of nitro groups is 1. The fraction of sp³-hybridized carbons (Fsp3) is 0.231. The number of benzene rings is 3. The Labute approximate surface area is 198 Å². The van der Waals surface area contributed by atoms with Gasteiger partial charge < -0.3 is 15.0 Å². The van der Waals surface area contributed by atoms with Crippen molar-refractivity contribution in [1.82, 2.24) is 10.2 Å². The molecule has 0 saturated heterocycles. The van der Waals surface area contributed by atoms with Crippen LogP contribution in [0.15, 0.2) is 66.7 Å². The summed E-state index contributed by atoms with van der Waals surface area (Å²) in [5.74, 6) is -0.128. The van der Waals surface area contributed by atoms with E-state index in [0.29, 0.717) is 41.7 Å². The van der Waals surface area contributed by atoms with Crippen molar-refractivity contribution in [3.63, 3.8) is 0 Å². The number of aldehydes is 1. The summed E-state index contributed by atoms with van der Waals surface area (Å²) < 4.78 is 5.39. The standard InChI is InChI=1S/C26H27N3O5/c1-28(2)16-22(12-18-8-5-4-6-9-18)27-26(31)21-13-20(14-23(15-21)29(32)33)24-11-7-10-19(17-30)25(24)34-3/h4-11,13-15,17,22H,12,16H2,1-3H3,(H,27,31)/t22-/m0/s1. The van der Waals surface area contributed by atoms with Crippen molar-refractivity contribution < 1.29 is 19.2 Å². The fourth-order valence-electron chi connectivity index (χ4n) is 3.88. The molecule has 3 aromatic rings. The van der Waals surface area contributed by atoms with E-state index in [1.807, 2.05) is 49.3 Å². The minimum atomic E-state index is -0.544. The Kier molecular flexibility index (Phi) is 8.10. The van der Waals surface area contributed by atoms with Crippen LogP contribution in [-0.2, 0) is 6.42 Å². The Hall–Kier alpha value is -4.04. The first-order valence-corrected chi connectivity index (χ1v) is 10.7. The van der Waals surface area contributed by atoms with Crippen LogP contribution in [0, 0.1) is 10.1 Å². The first-order chi connectivity index (χ1) is 16.3. The predicted molar refractivity (Wildman–Crippen MR) is 130 cm³/mol. The highest BCUT2D eigenvalue weighted by Gasteiger charge is 2.21. The minimum Gasteiger partial charge on any atom is -0.495 e. The second kappa shape index (κ2) is 11.2. The zero-order valence-electron chi connectivity index (χ0n) is 19.4. The molecule has 0 aliphatic heterocycles. The number of likely N-dealkylation sites (N-methyl/N-ethyl adjacent to an activating group) is 1. The summed E-state index contributed by atoms with van der Waals surface area (Å²) in [6.45, 7) is 0.595. The van der Waals surface area contributed by atoms with Crippen LogP contribution in [0.2, 0.25) is 0 Å². The molecule has 3 aromatic carbocycles. The van der Waals surface area contributed by atoms with Crippen molar-refractivity contribution in [3.8, 4) is 16.9 Å². The zero-order chi connectivity index (χ0) is 24.7. The minimum absolute atomic E-state index is 0.152. The van der Waals surface area contributed by atoms with Gasteiger partial charge >= 0.3 is 0 Å². The molecule has 0 saturated carbocycles. The number of rotatable bonds is 10. The normalized spacial score (nSPS) is 11.6. The Morgan fingerprint density at radius 1 is 1.12 bits per heavy atom. The molecule has 0 unspecified atom stereocenters. The quantitative estimate of drug-likeness (QED) is 0.278. The number of hydrogen-bond acceptors (Lipinski definition) is 6. The van der Waals surface area contributed by atoms with Crippen molar-refractivity contribution in [2.75, 3.05) is 27.7 Å². The molecule has 0 bridgehead atoms. The van der Waals surface area contributed by atoms with Crippen molar-refractivity contribution >= 4 is 17.9 Å². The molecule has 8 heteroatoms. The molecule has 3 rings (SSSR count). The maximum absolute atomic E-state index is 13.2. The Balaban J connectivity index is 1.98. The lowest BCUT2D eigenvalue weighted by atomic mass is 9.98. The molecule has 1 N–H and O–H groups in total. The number of hydrogen-bond donors (Lipinski definition) is 1. The number of amides is 1. The summed E-state index contributed by atoms with van der Waals surface area (Å²) in [4.78, 5) is 37.7. The molecule has 0 spiro atoms. The number of nitrogens with one attached hydrogen (secondary N) is 1. The van der Waals surface area contributed by atoms with Crippen LogP contribution >= 0.6 is 0 Å². The summed E-state index contributed by atoms with van der Waals surface area (Å²) in [6, 6.07) is 18.7. The second-order valence-corrected chi connectivity index (χ2v) is 8.19. The number of methoxy groups -OCH3 is 1. The van der Waals surface area contributed by atoms with Gasteiger partial charge in [-0.1, -0.05) is 42.5 Å². The van der Waals surface area contributed by atoms with Crippen molar-refractivity contribution in [3.05, 3.63) is 93.5 Å². The van der Waals surface area contributed by atoms with E-state index >= 15 is 0 Å². The van der Waals surface area contributed by atoms with Crippen molar-refractivity contribution in [2.45, 2.75) is 12.5 Å². The largest absolute Gasteiger partial charge is 0.495 e. The average molecular weight is 462 g/mol. The van der Waals surface area contributed by atoms with Crippen LogP contribution < -0.4 is 10.1 Å². The highest BCUT2D eigenvalue weighted by atomic mass is 16.6. The molecular formula is C26H27N3O5. The van der Waals surface area contributed by atoms with Gasteiger partial charge in [0.15, 0.2) is 6.29 Å². The van der Waals surface area contributed by atoms with E-state index in [1.165, 1.54) is 19.2 Å². The maximum Gasteiger partial charge on any atom is 0.270 e. The monoisotopic (exact) mass is 461 g/mol. The molecule has 1 amide bonds. The van der Waals surface area contributed by atoms with Gasteiger partial charge in [-0.05, 0) is 43.8 Å². The Morgan fingerprint density at radius 2 is 1.85 bits per heavy atom. The summed E-state index contributed by atoms with van der Waals surface area (Å²) >= 11 is 0. The molecule has 0 fully saturated rings. The summed E-state index contributed by atoms with van der Waals surface area (Å²) in [7, 11) is 5.26. The molecule has 0 heterocycles. The van der Waals surface area contributed by atoms with Gasteiger partial charge in [-0.3, -0.25) is 19.7 Å². The number of nitrogens with zero attached hydrogens (tertiary/aromatic N) is 2. The van der Waals surface area contributed by atoms with Gasteiger partial charge in [0.2, 0.25) is 0 Å². The molecule has 0 aliphatic carbocycles. The smallest absolute Gasteiger partial charge is 0.270 e. The number of carbonyl (C=O) groups excluding carboxylic acids is 2. The number of nitro benzene ring substituents is 1. The van der Waals surface area contributed by atoms with Gasteiger partial charge in [-0.25, -0.2) is 0 Å². The molecule has 8 nitrogen and oxygen atoms in total. The van der Waals surface area contributed by atoms with Gasteiger partial charge in [-0.2, -0.15) is 0 Å². The van der Waals surface area contributed by atoms with Gasteiger partial charge in [0.1, 0.15) is 5.75 Å². The maximum atomic E-state index is 13.2. The molecule has 34 heavy (non-hydrogen) atoms. The van der Waals surface area contributed by atoms with E-state index in [-0.39, 0.29) is 17.3 Å². The van der Waals surface area contributed by atoms with Gasteiger partial charge in [-0.15, -0.1) is 0 Å². The topological polar surface area (TPSA) is 102 Å². The first kappa shape index (κ1) is 24.6. The third kappa shape index (κ3) is 6.05. The van der Waals surface area contributed by atoms with Crippen LogP contribution in [0.5, 0.6) is 5.75 Å². The van der Waals surface area contributed by atoms with Crippen molar-refractivity contribution in [2.24, 2.45) is 0 Å². The van der Waals surface area contributed by atoms with E-state index in [2.05, 4.69) is 5.32 Å². The van der Waals surface area contributed by atoms with E-state index in [4.69, 9.17) is 4.74 Å². The van der Waals surface area contributed by atoms with Gasteiger partial charge in [0.25, 0.3) is 11.6 Å².